The van der Waals surface area contributed by atoms with Gasteiger partial charge in [0.1, 0.15) is 0 Å². The van der Waals surface area contributed by atoms with E-state index in [1.54, 1.807) is 0 Å². The Kier molecular flexibility index (Phi) is 6.37. The van der Waals surface area contributed by atoms with Crippen molar-refractivity contribution in [3.63, 3.8) is 0 Å². The van der Waals surface area contributed by atoms with Crippen molar-refractivity contribution in [3.05, 3.63) is 64.5 Å². The van der Waals surface area contributed by atoms with Gasteiger partial charge in [0.15, 0.2) is 5.13 Å². The average Bonchev–Trinajstić information content (AvgIpc) is 3.18. The average molecular weight is 441 g/mol. The highest BCUT2D eigenvalue weighted by Crippen LogP contribution is 2.26. The van der Waals surface area contributed by atoms with Crippen LogP contribution in [-0.2, 0) is 4.79 Å². The van der Waals surface area contributed by atoms with E-state index in [9.17, 15) is 4.79 Å². The second kappa shape index (κ2) is 9.16. The molecule has 5 nitrogen and oxygen atoms in total. The third-order valence-electron chi connectivity index (χ3n) is 5.33. The third kappa shape index (κ3) is 5.01. The van der Waals surface area contributed by atoms with Crippen LogP contribution in [0.3, 0.4) is 0 Å². The van der Waals surface area contributed by atoms with Crippen LogP contribution in [0.25, 0.3) is 11.3 Å². The van der Waals surface area contributed by atoms with Crippen LogP contribution in [0.2, 0.25) is 5.02 Å². The molecule has 1 saturated heterocycles. The summed E-state index contributed by atoms with van der Waals surface area (Å²) in [5, 5.41) is 6.20. The van der Waals surface area contributed by atoms with Crippen LogP contribution in [0.1, 0.15) is 12.5 Å². The summed E-state index contributed by atoms with van der Waals surface area (Å²) in [6, 6.07) is 16.5. The molecule has 1 aliphatic heterocycles. The van der Waals surface area contributed by atoms with Crippen LogP contribution < -0.4 is 10.2 Å². The minimum Gasteiger partial charge on any atom is -0.366 e. The molecule has 1 atom stereocenters. The van der Waals surface area contributed by atoms with Crippen LogP contribution in [0.4, 0.5) is 10.8 Å². The Labute approximate surface area is 186 Å². The zero-order valence-corrected chi connectivity index (χ0v) is 18.7. The summed E-state index contributed by atoms with van der Waals surface area (Å²) < 4.78 is 0. The van der Waals surface area contributed by atoms with Crippen molar-refractivity contribution in [2.75, 3.05) is 36.4 Å². The number of nitrogens with zero attached hydrogens (tertiary/aromatic N) is 3. The molecule has 1 fully saturated rings. The Bertz CT molecular complexity index is 1000. The molecule has 2 aromatic carbocycles. The van der Waals surface area contributed by atoms with Crippen LogP contribution in [0, 0.1) is 6.92 Å². The van der Waals surface area contributed by atoms with Gasteiger partial charge in [-0.25, -0.2) is 4.98 Å². The van der Waals surface area contributed by atoms with Gasteiger partial charge in [-0.3, -0.25) is 9.69 Å². The van der Waals surface area contributed by atoms with Gasteiger partial charge in [-0.2, -0.15) is 0 Å². The lowest BCUT2D eigenvalue weighted by Crippen LogP contribution is -2.53. The van der Waals surface area contributed by atoms with Gasteiger partial charge in [0.05, 0.1) is 12.2 Å². The lowest BCUT2D eigenvalue weighted by Gasteiger charge is -2.41. The van der Waals surface area contributed by atoms with Gasteiger partial charge in [-0.1, -0.05) is 41.4 Å². The summed E-state index contributed by atoms with van der Waals surface area (Å²) in [6.45, 7) is 7.32. The summed E-state index contributed by atoms with van der Waals surface area (Å²) in [5.41, 5.74) is 4.34. The third-order valence-corrected chi connectivity index (χ3v) is 6.34. The number of halogens is 1. The van der Waals surface area contributed by atoms with Crippen LogP contribution in [0.5, 0.6) is 0 Å². The first-order valence-corrected chi connectivity index (χ1v) is 11.3. The number of carbonyl (C=O) groups is 1. The number of aryl methyl sites for hydroxylation is 1. The smallest absolute Gasteiger partial charge is 0.240 e. The Hall–Kier alpha value is -2.41. The maximum absolute atomic E-state index is 12.5. The molecule has 30 heavy (non-hydrogen) atoms. The fourth-order valence-corrected chi connectivity index (χ4v) is 4.60. The molecule has 156 valence electrons. The van der Waals surface area contributed by atoms with Gasteiger partial charge in [0.2, 0.25) is 5.91 Å². The van der Waals surface area contributed by atoms with E-state index >= 15 is 0 Å². The van der Waals surface area contributed by atoms with E-state index in [-0.39, 0.29) is 5.91 Å². The molecule has 0 radical (unpaired) electrons. The molecule has 2 heterocycles. The first kappa shape index (κ1) is 20.8. The zero-order chi connectivity index (χ0) is 21.1. The number of piperazine rings is 1. The molecule has 0 aliphatic carbocycles. The van der Waals surface area contributed by atoms with Crippen LogP contribution in [-0.4, -0.2) is 48.0 Å². The second-order valence-electron chi connectivity index (χ2n) is 7.71. The Morgan fingerprint density at radius 3 is 2.60 bits per heavy atom. The highest BCUT2D eigenvalue weighted by atomic mass is 35.5. The lowest BCUT2D eigenvalue weighted by molar-refractivity contribution is -0.117. The van der Waals surface area contributed by atoms with Gasteiger partial charge in [-0.05, 0) is 38.1 Å². The normalized spacial score (nSPS) is 17.2. The molecule has 0 spiro atoms. The van der Waals surface area contributed by atoms with E-state index in [1.165, 1.54) is 22.6 Å². The van der Waals surface area contributed by atoms with Gasteiger partial charge in [0, 0.05) is 47.3 Å². The van der Waals surface area contributed by atoms with E-state index in [0.29, 0.717) is 22.7 Å². The van der Waals surface area contributed by atoms with Crippen LogP contribution >= 0.6 is 22.9 Å². The second-order valence-corrected chi connectivity index (χ2v) is 9.00. The molecular formula is C23H25ClN4OS. The molecule has 3 aromatic rings. The summed E-state index contributed by atoms with van der Waals surface area (Å²) >= 11 is 7.38. The molecule has 1 amide bonds. The minimum atomic E-state index is -0.0250. The van der Waals surface area contributed by atoms with E-state index in [2.05, 4.69) is 58.2 Å². The molecule has 0 bridgehead atoms. The Balaban J connectivity index is 1.31. The predicted octanol–water partition coefficient (Wildman–Crippen LogP) is 4.92. The number of carbonyl (C=O) groups excluding carboxylic acids is 1. The largest absolute Gasteiger partial charge is 0.366 e. The number of amides is 1. The van der Waals surface area contributed by atoms with Crippen molar-refractivity contribution < 1.29 is 4.79 Å². The molecule has 7 heteroatoms. The number of rotatable bonds is 5. The molecule has 4 rings (SSSR count). The topological polar surface area (TPSA) is 48.5 Å². The van der Waals surface area contributed by atoms with E-state index < -0.39 is 0 Å². The number of anilines is 2. The summed E-state index contributed by atoms with van der Waals surface area (Å²) in [6.07, 6.45) is 0. The highest BCUT2D eigenvalue weighted by molar-refractivity contribution is 7.14. The first-order chi connectivity index (χ1) is 14.5. The minimum absolute atomic E-state index is 0.0250. The van der Waals surface area contributed by atoms with E-state index in [1.807, 2.05) is 29.6 Å². The van der Waals surface area contributed by atoms with Crippen molar-refractivity contribution >= 4 is 39.7 Å². The highest BCUT2D eigenvalue weighted by Gasteiger charge is 2.25. The Morgan fingerprint density at radius 2 is 1.90 bits per heavy atom. The van der Waals surface area contributed by atoms with Gasteiger partial charge < -0.3 is 10.2 Å². The van der Waals surface area contributed by atoms with Crippen molar-refractivity contribution in [2.24, 2.45) is 0 Å². The fraction of sp³-hybridized carbons (Fsp3) is 0.304. The molecule has 1 aliphatic rings. The SMILES string of the molecule is Cc1ccc(N2CCN(CC(=O)Nc3nc(-c4ccc(Cl)cc4)cs3)CC2C)cc1. The first-order valence-electron chi connectivity index (χ1n) is 10.0. The van der Waals surface area contributed by atoms with E-state index in [4.69, 9.17) is 11.6 Å². The maximum Gasteiger partial charge on any atom is 0.240 e. The number of thiazole rings is 1. The summed E-state index contributed by atoms with van der Waals surface area (Å²) in [4.78, 5) is 21.7. The summed E-state index contributed by atoms with van der Waals surface area (Å²) in [5.74, 6) is -0.0250. The van der Waals surface area contributed by atoms with Crippen molar-refractivity contribution in [1.29, 1.82) is 0 Å². The quantitative estimate of drug-likeness (QED) is 0.611. The number of nitrogens with one attached hydrogen (secondary N) is 1. The van der Waals surface area contributed by atoms with Crippen molar-refractivity contribution in [3.8, 4) is 11.3 Å². The monoisotopic (exact) mass is 440 g/mol. The number of benzene rings is 2. The van der Waals surface area contributed by atoms with Crippen molar-refractivity contribution in [2.45, 2.75) is 19.9 Å². The molecule has 1 unspecified atom stereocenters. The maximum atomic E-state index is 12.5. The zero-order valence-electron chi connectivity index (χ0n) is 17.1. The molecule has 1 N–H and O–H groups in total. The fourth-order valence-electron chi connectivity index (χ4n) is 3.74. The molecular weight excluding hydrogens is 416 g/mol. The summed E-state index contributed by atoms with van der Waals surface area (Å²) in [7, 11) is 0. The number of hydrogen-bond donors (Lipinski definition) is 1. The predicted molar refractivity (Wildman–Crippen MR) is 126 cm³/mol. The van der Waals surface area contributed by atoms with Gasteiger partial charge >= 0.3 is 0 Å². The lowest BCUT2D eigenvalue weighted by atomic mass is 10.1. The number of aromatic nitrogens is 1. The van der Waals surface area contributed by atoms with Gasteiger partial charge in [-0.15, -0.1) is 11.3 Å². The standard InChI is InChI=1S/C23H25ClN4OS/c1-16-3-9-20(10-4-16)28-12-11-27(13-17(28)2)14-22(29)26-23-25-21(15-30-23)18-5-7-19(24)8-6-18/h3-10,15,17H,11-14H2,1-2H3,(H,25,26,29). The molecule has 0 saturated carbocycles. The van der Waals surface area contributed by atoms with Gasteiger partial charge in [0.25, 0.3) is 0 Å². The molecule has 1 aromatic heterocycles. The number of hydrogen-bond acceptors (Lipinski definition) is 5. The van der Waals surface area contributed by atoms with E-state index in [0.717, 1.165) is 30.9 Å². The van der Waals surface area contributed by atoms with Crippen molar-refractivity contribution in [1.82, 2.24) is 9.88 Å². The Morgan fingerprint density at radius 1 is 1.17 bits per heavy atom. The van der Waals surface area contributed by atoms with Crippen LogP contribution in [0.15, 0.2) is 53.9 Å².